The molecule has 2 aromatic heterocycles. The molecule has 1 amide bonds. The molecule has 3 heterocycles. The van der Waals surface area contributed by atoms with Gasteiger partial charge in [-0.15, -0.1) is 11.3 Å². The largest absolute Gasteiger partial charge is 0.337 e. The van der Waals surface area contributed by atoms with Gasteiger partial charge in [0.05, 0.1) is 5.01 Å². The smallest absolute Gasteiger partial charge is 0.273 e. The van der Waals surface area contributed by atoms with E-state index in [1.165, 1.54) is 22.5 Å². The topological polar surface area (TPSA) is 49.3 Å². The van der Waals surface area contributed by atoms with Crippen molar-refractivity contribution in [1.82, 2.24) is 19.8 Å². The Hall–Kier alpha value is -2.57. The summed E-state index contributed by atoms with van der Waals surface area (Å²) in [4.78, 5) is 25.9. The minimum atomic E-state index is 0.0751. The summed E-state index contributed by atoms with van der Waals surface area (Å²) in [5.41, 5.74) is 3.19. The van der Waals surface area contributed by atoms with Gasteiger partial charge in [-0.25, -0.2) is 4.98 Å². The number of nitrogens with zero attached hydrogens (tertiary/aromatic N) is 4. The second-order valence-electron chi connectivity index (χ2n) is 8.41. The lowest BCUT2D eigenvalue weighted by atomic mass is 9.84. The van der Waals surface area contributed by atoms with Crippen molar-refractivity contribution in [2.45, 2.75) is 38.8 Å². The zero-order valence-corrected chi connectivity index (χ0v) is 19.1. The van der Waals surface area contributed by atoms with E-state index in [0.29, 0.717) is 17.7 Å². The molecule has 6 heteroatoms. The Balaban J connectivity index is 1.44. The van der Waals surface area contributed by atoms with Crippen LogP contribution >= 0.6 is 11.3 Å². The second kappa shape index (κ2) is 10.2. The predicted octanol–water partition coefficient (Wildman–Crippen LogP) is 4.44. The van der Waals surface area contributed by atoms with Crippen LogP contribution in [0.5, 0.6) is 0 Å². The number of thiazole rings is 1. The molecule has 3 aromatic rings. The van der Waals surface area contributed by atoms with Gasteiger partial charge in [0.15, 0.2) is 0 Å². The first kappa shape index (κ1) is 21.7. The number of hydrogen-bond donors (Lipinski definition) is 0. The van der Waals surface area contributed by atoms with Crippen LogP contribution in [0.15, 0.2) is 60.2 Å². The fraction of sp³-hybridized carbons (Fsp3) is 0.400. The molecule has 4 rings (SSSR count). The Morgan fingerprint density at radius 1 is 1.16 bits per heavy atom. The van der Waals surface area contributed by atoms with E-state index in [1.807, 2.05) is 35.7 Å². The lowest BCUT2D eigenvalue weighted by Crippen LogP contribution is -2.46. The van der Waals surface area contributed by atoms with Gasteiger partial charge in [-0.1, -0.05) is 36.4 Å². The van der Waals surface area contributed by atoms with E-state index in [4.69, 9.17) is 0 Å². The highest BCUT2D eigenvalue weighted by Gasteiger charge is 2.31. The van der Waals surface area contributed by atoms with Crippen LogP contribution in [0.25, 0.3) is 0 Å². The van der Waals surface area contributed by atoms with Crippen LogP contribution in [0.2, 0.25) is 0 Å². The molecule has 1 aliphatic heterocycles. The number of likely N-dealkylation sites (tertiary alicyclic amines) is 1. The van der Waals surface area contributed by atoms with Crippen LogP contribution in [0, 0.1) is 12.8 Å². The molecule has 5 nitrogen and oxygen atoms in total. The number of carbonyl (C=O) groups is 1. The maximum Gasteiger partial charge on any atom is 0.273 e. The Labute approximate surface area is 188 Å². The van der Waals surface area contributed by atoms with Gasteiger partial charge in [-0.05, 0) is 56.3 Å². The van der Waals surface area contributed by atoms with Crippen molar-refractivity contribution in [1.29, 1.82) is 0 Å². The van der Waals surface area contributed by atoms with Crippen LogP contribution in [-0.2, 0) is 13.0 Å². The average Bonchev–Trinajstić information content (AvgIpc) is 3.25. The number of hydrogen-bond acceptors (Lipinski definition) is 5. The van der Waals surface area contributed by atoms with Gasteiger partial charge in [0.1, 0.15) is 5.69 Å². The van der Waals surface area contributed by atoms with Crippen LogP contribution in [-0.4, -0.2) is 51.9 Å². The summed E-state index contributed by atoms with van der Waals surface area (Å²) < 4.78 is 0. The number of piperidine rings is 1. The molecule has 0 aliphatic carbocycles. The molecule has 162 valence electrons. The van der Waals surface area contributed by atoms with E-state index in [2.05, 4.69) is 58.3 Å². The molecule has 0 N–H and O–H groups in total. The third-order valence-corrected chi connectivity index (χ3v) is 6.99. The van der Waals surface area contributed by atoms with E-state index in [-0.39, 0.29) is 5.91 Å². The summed E-state index contributed by atoms with van der Waals surface area (Å²) in [5.74, 6) is 0.620. The molecule has 0 saturated carbocycles. The highest BCUT2D eigenvalue weighted by molar-refractivity contribution is 7.09. The molecule has 0 bridgehead atoms. The number of carbonyl (C=O) groups excluding carboxylic acids is 1. The molecule has 0 radical (unpaired) electrons. The van der Waals surface area contributed by atoms with Gasteiger partial charge < -0.3 is 4.90 Å². The van der Waals surface area contributed by atoms with Crippen molar-refractivity contribution in [3.05, 3.63) is 82.1 Å². The molecule has 1 aliphatic rings. The summed E-state index contributed by atoms with van der Waals surface area (Å²) in [5, 5.41) is 2.82. The number of aryl methyl sites for hydroxylation is 1. The van der Waals surface area contributed by atoms with Gasteiger partial charge >= 0.3 is 0 Å². The molecule has 0 unspecified atom stereocenters. The zero-order valence-electron chi connectivity index (χ0n) is 18.3. The maximum absolute atomic E-state index is 12.8. The molecular formula is C25H30N4OS. The van der Waals surface area contributed by atoms with Crippen molar-refractivity contribution >= 4 is 17.2 Å². The third kappa shape index (κ3) is 5.57. The number of likely N-dealkylation sites (N-methyl/N-ethyl adjacent to an activating group) is 1. The summed E-state index contributed by atoms with van der Waals surface area (Å²) in [6, 6.07) is 15.3. The van der Waals surface area contributed by atoms with Crippen molar-refractivity contribution in [3.63, 3.8) is 0 Å². The van der Waals surface area contributed by atoms with Gasteiger partial charge in [0.25, 0.3) is 5.91 Å². The first-order chi connectivity index (χ1) is 15.1. The average molecular weight is 435 g/mol. The van der Waals surface area contributed by atoms with E-state index in [9.17, 15) is 4.79 Å². The molecule has 1 aromatic carbocycles. The molecule has 1 fully saturated rings. The quantitative estimate of drug-likeness (QED) is 0.552. The zero-order chi connectivity index (χ0) is 21.6. The van der Waals surface area contributed by atoms with E-state index in [0.717, 1.165) is 43.9 Å². The third-order valence-electron chi connectivity index (χ3n) is 6.22. The minimum absolute atomic E-state index is 0.0751. The van der Waals surface area contributed by atoms with E-state index >= 15 is 0 Å². The van der Waals surface area contributed by atoms with Crippen LogP contribution in [0.1, 0.15) is 39.5 Å². The summed E-state index contributed by atoms with van der Waals surface area (Å²) in [6.07, 6.45) is 6.82. The standard InChI is InChI=1S/C25H30N4OS/c1-19-27-23(18-31-19)25(30)29-13-10-22(11-14-29)24(15-20-7-4-3-5-8-20)28(2)17-21-9-6-12-26-16-21/h3-9,12,16,18,22,24H,10-11,13-15,17H2,1-2H3/t24-/m0/s1. The first-order valence-corrected chi connectivity index (χ1v) is 11.8. The molecular weight excluding hydrogens is 404 g/mol. The van der Waals surface area contributed by atoms with Crippen molar-refractivity contribution in [3.8, 4) is 0 Å². The molecule has 0 spiro atoms. The Morgan fingerprint density at radius 2 is 1.90 bits per heavy atom. The van der Waals surface area contributed by atoms with Crippen LogP contribution < -0.4 is 0 Å². The maximum atomic E-state index is 12.8. The van der Waals surface area contributed by atoms with Gasteiger partial charge in [-0.3, -0.25) is 14.7 Å². The van der Waals surface area contributed by atoms with Crippen molar-refractivity contribution in [2.24, 2.45) is 5.92 Å². The normalized spacial score (nSPS) is 15.9. The second-order valence-corrected chi connectivity index (χ2v) is 9.48. The van der Waals surface area contributed by atoms with Crippen molar-refractivity contribution in [2.75, 3.05) is 20.1 Å². The number of rotatable bonds is 7. The fourth-order valence-corrected chi connectivity index (χ4v) is 5.13. The number of pyridine rings is 1. The number of benzene rings is 1. The summed E-state index contributed by atoms with van der Waals surface area (Å²) in [6.45, 7) is 4.42. The number of aromatic nitrogens is 2. The predicted molar refractivity (Wildman–Crippen MR) is 125 cm³/mol. The Kier molecular flexibility index (Phi) is 7.10. The van der Waals surface area contributed by atoms with E-state index < -0.39 is 0 Å². The van der Waals surface area contributed by atoms with Crippen LogP contribution in [0.3, 0.4) is 0 Å². The van der Waals surface area contributed by atoms with Gasteiger partial charge in [-0.2, -0.15) is 0 Å². The van der Waals surface area contributed by atoms with E-state index in [1.54, 1.807) is 0 Å². The molecule has 1 saturated heterocycles. The lowest BCUT2D eigenvalue weighted by molar-refractivity contribution is 0.0598. The SMILES string of the molecule is Cc1nc(C(=O)N2CCC([C@H](Cc3ccccc3)N(C)Cc3cccnc3)CC2)cs1. The number of amides is 1. The van der Waals surface area contributed by atoms with Crippen LogP contribution in [0.4, 0.5) is 0 Å². The molecule has 31 heavy (non-hydrogen) atoms. The van der Waals surface area contributed by atoms with Gasteiger partial charge in [0, 0.05) is 43.4 Å². The molecule has 1 atom stereocenters. The van der Waals surface area contributed by atoms with Gasteiger partial charge in [0.2, 0.25) is 0 Å². The highest BCUT2D eigenvalue weighted by Crippen LogP contribution is 2.28. The lowest BCUT2D eigenvalue weighted by Gasteiger charge is -2.40. The Morgan fingerprint density at radius 3 is 2.55 bits per heavy atom. The first-order valence-electron chi connectivity index (χ1n) is 10.9. The van der Waals surface area contributed by atoms with Crippen molar-refractivity contribution < 1.29 is 4.79 Å². The monoisotopic (exact) mass is 434 g/mol. The highest BCUT2D eigenvalue weighted by atomic mass is 32.1. The Bertz CT molecular complexity index is 967. The minimum Gasteiger partial charge on any atom is -0.337 e. The summed E-state index contributed by atoms with van der Waals surface area (Å²) in [7, 11) is 2.22. The summed E-state index contributed by atoms with van der Waals surface area (Å²) >= 11 is 1.54. The fourth-order valence-electron chi connectivity index (χ4n) is 4.55.